The molecule has 5 aromatic carbocycles. The number of amides is 2. The minimum atomic E-state index is -0.826. The third-order valence-electron chi connectivity index (χ3n) is 11.3. The highest BCUT2D eigenvalue weighted by molar-refractivity contribution is 5.83. The fourth-order valence-electron chi connectivity index (χ4n) is 7.98. The number of aliphatic hydroxyl groups is 1. The van der Waals surface area contributed by atoms with E-state index in [4.69, 9.17) is 23.7 Å². The third kappa shape index (κ3) is 10.1. The van der Waals surface area contributed by atoms with E-state index < -0.39 is 24.3 Å². The molecular weight excluding hydrogens is 747 g/mol. The Morgan fingerprint density at radius 3 is 2.19 bits per heavy atom. The number of carbonyl (C=O) groups excluding carboxylic acids is 2. The van der Waals surface area contributed by atoms with Crippen LogP contribution in [-0.4, -0.2) is 68.6 Å². The predicted octanol–water partition coefficient (Wildman–Crippen LogP) is 7.30. The van der Waals surface area contributed by atoms with Gasteiger partial charge < -0.3 is 39.4 Å². The van der Waals surface area contributed by atoms with Crippen molar-refractivity contribution in [3.63, 3.8) is 0 Å². The van der Waals surface area contributed by atoms with Crippen LogP contribution in [0.15, 0.2) is 115 Å². The van der Waals surface area contributed by atoms with Crippen molar-refractivity contribution >= 4 is 12.0 Å². The van der Waals surface area contributed by atoms with E-state index in [1.54, 1.807) is 14.2 Å². The van der Waals surface area contributed by atoms with Crippen LogP contribution < -0.4 is 20.1 Å². The molecule has 5 atom stereocenters. The molecule has 2 aliphatic rings. The molecule has 59 heavy (non-hydrogen) atoms. The lowest BCUT2D eigenvalue weighted by molar-refractivity contribution is -0.276. The standard InChI is InChI=1S/C48H53N3O8/c1-31-44(29-51-21-20-38-25-42(55-2)43(56-3)26-40(38)28-51)58-47(59-45(31)35-18-16-33(30-52)17-19-35)39-15-9-14-37(24-39)36-13-8-12-34(22-36)27-49-48(54)50-41(46(53)57-4)23-32-10-6-5-7-11-32/h5-19,22,24-26,31,41,44-45,47,52H,20-21,23,27-30H2,1-4H3,(H2,49,50,54). The number of ether oxygens (including phenoxy) is 5. The van der Waals surface area contributed by atoms with Crippen molar-refractivity contribution in [3.8, 4) is 22.6 Å². The molecule has 308 valence electrons. The van der Waals surface area contributed by atoms with E-state index in [1.807, 2.05) is 91.0 Å². The summed E-state index contributed by atoms with van der Waals surface area (Å²) in [5.41, 5.74) is 9.02. The molecule has 7 rings (SSSR count). The minimum absolute atomic E-state index is 0.0231. The van der Waals surface area contributed by atoms with Crippen LogP contribution in [0.1, 0.15) is 58.3 Å². The maximum absolute atomic E-state index is 13.0. The number of nitrogens with one attached hydrogen (secondary N) is 2. The Labute approximate surface area is 346 Å². The summed E-state index contributed by atoms with van der Waals surface area (Å²) in [6.07, 6.45) is 0.187. The van der Waals surface area contributed by atoms with E-state index in [2.05, 4.69) is 46.7 Å². The van der Waals surface area contributed by atoms with Crippen LogP contribution in [0.2, 0.25) is 0 Å². The second-order valence-corrected chi connectivity index (χ2v) is 15.2. The molecule has 0 aliphatic carbocycles. The summed E-state index contributed by atoms with van der Waals surface area (Å²) in [6.45, 7) is 4.79. The fourth-order valence-corrected chi connectivity index (χ4v) is 7.98. The number of benzene rings is 5. The molecule has 0 saturated carbocycles. The summed E-state index contributed by atoms with van der Waals surface area (Å²) in [6, 6.07) is 36.5. The number of nitrogens with zero attached hydrogens (tertiary/aromatic N) is 1. The first-order valence-corrected chi connectivity index (χ1v) is 20.1. The second-order valence-electron chi connectivity index (χ2n) is 15.2. The molecule has 5 unspecified atom stereocenters. The van der Waals surface area contributed by atoms with Gasteiger partial charge in [0.15, 0.2) is 17.8 Å². The highest BCUT2D eigenvalue weighted by atomic mass is 16.7. The monoisotopic (exact) mass is 799 g/mol. The average Bonchev–Trinajstić information content (AvgIpc) is 3.28. The van der Waals surface area contributed by atoms with Crippen LogP contribution in [-0.2, 0) is 51.5 Å². The predicted molar refractivity (Wildman–Crippen MR) is 225 cm³/mol. The maximum atomic E-state index is 13.0. The molecule has 1 fully saturated rings. The lowest BCUT2D eigenvalue weighted by Crippen LogP contribution is -2.47. The van der Waals surface area contributed by atoms with Gasteiger partial charge in [0.05, 0.1) is 40.1 Å². The van der Waals surface area contributed by atoms with E-state index in [-0.39, 0.29) is 31.3 Å². The van der Waals surface area contributed by atoms with Crippen LogP contribution >= 0.6 is 0 Å². The first-order chi connectivity index (χ1) is 28.7. The molecule has 2 aliphatic heterocycles. The normalized spacial score (nSPS) is 19.5. The van der Waals surface area contributed by atoms with Crippen molar-refractivity contribution in [3.05, 3.63) is 154 Å². The van der Waals surface area contributed by atoms with Gasteiger partial charge in [0, 0.05) is 44.1 Å². The SMILES string of the molecule is COC(=O)C(Cc1ccccc1)NC(=O)NCc1cccc(-c2cccc(C3OC(CN4CCc5cc(OC)c(OC)cc5C4)C(C)C(c4ccc(CO)cc4)O3)c2)c1. The largest absolute Gasteiger partial charge is 0.493 e. The Morgan fingerprint density at radius 2 is 1.47 bits per heavy atom. The Kier molecular flexibility index (Phi) is 13.6. The van der Waals surface area contributed by atoms with Gasteiger partial charge in [-0.1, -0.05) is 97.9 Å². The van der Waals surface area contributed by atoms with Gasteiger partial charge in [-0.3, -0.25) is 4.90 Å². The molecule has 3 N–H and O–H groups in total. The van der Waals surface area contributed by atoms with Crippen molar-refractivity contribution in [1.82, 2.24) is 15.5 Å². The number of hydrogen-bond donors (Lipinski definition) is 3. The summed E-state index contributed by atoms with van der Waals surface area (Å²) in [4.78, 5) is 27.9. The highest BCUT2D eigenvalue weighted by Crippen LogP contribution is 2.43. The number of rotatable bonds is 14. The number of hydrogen-bond acceptors (Lipinski definition) is 9. The number of methoxy groups -OCH3 is 3. The summed E-state index contributed by atoms with van der Waals surface area (Å²) < 4.78 is 29.9. The van der Waals surface area contributed by atoms with Crippen LogP contribution in [0.3, 0.4) is 0 Å². The van der Waals surface area contributed by atoms with Gasteiger partial charge >= 0.3 is 12.0 Å². The number of urea groups is 1. The second kappa shape index (κ2) is 19.4. The van der Waals surface area contributed by atoms with E-state index in [9.17, 15) is 14.7 Å². The summed E-state index contributed by atoms with van der Waals surface area (Å²) >= 11 is 0. The zero-order valence-electron chi connectivity index (χ0n) is 34.1. The van der Waals surface area contributed by atoms with Gasteiger partial charge in [0.25, 0.3) is 0 Å². The van der Waals surface area contributed by atoms with E-state index in [0.29, 0.717) is 6.42 Å². The van der Waals surface area contributed by atoms with Crippen molar-refractivity contribution in [2.24, 2.45) is 5.92 Å². The summed E-state index contributed by atoms with van der Waals surface area (Å²) in [5, 5.41) is 15.4. The van der Waals surface area contributed by atoms with E-state index in [0.717, 1.165) is 76.5 Å². The van der Waals surface area contributed by atoms with Crippen LogP contribution in [0.5, 0.6) is 11.5 Å². The molecule has 0 aromatic heterocycles. The first-order valence-electron chi connectivity index (χ1n) is 20.1. The molecule has 11 heteroatoms. The van der Waals surface area contributed by atoms with Gasteiger partial charge in [-0.05, 0) is 75.2 Å². The van der Waals surface area contributed by atoms with Crippen molar-refractivity contribution in [1.29, 1.82) is 0 Å². The average molecular weight is 800 g/mol. The zero-order chi connectivity index (χ0) is 41.3. The Hall–Kier alpha value is -5.72. The topological polar surface area (TPSA) is 128 Å². The molecule has 0 bridgehead atoms. The number of fused-ring (bicyclic) bond motifs is 1. The maximum Gasteiger partial charge on any atom is 0.328 e. The Morgan fingerprint density at radius 1 is 0.780 bits per heavy atom. The molecule has 0 spiro atoms. The van der Waals surface area contributed by atoms with Gasteiger partial charge in [-0.25, -0.2) is 9.59 Å². The highest BCUT2D eigenvalue weighted by Gasteiger charge is 2.39. The fraction of sp³-hybridized carbons (Fsp3) is 0.333. The molecule has 1 saturated heterocycles. The van der Waals surface area contributed by atoms with Crippen LogP contribution in [0.25, 0.3) is 11.1 Å². The number of esters is 1. The Balaban J connectivity index is 1.07. The van der Waals surface area contributed by atoms with E-state index in [1.165, 1.54) is 18.2 Å². The van der Waals surface area contributed by atoms with Crippen molar-refractivity contribution in [2.75, 3.05) is 34.4 Å². The number of aliphatic hydroxyl groups excluding tert-OH is 1. The zero-order valence-corrected chi connectivity index (χ0v) is 34.1. The first kappa shape index (κ1) is 41.4. The van der Waals surface area contributed by atoms with Crippen molar-refractivity contribution in [2.45, 2.75) is 64.0 Å². The van der Waals surface area contributed by atoms with Gasteiger partial charge in [-0.2, -0.15) is 0 Å². The van der Waals surface area contributed by atoms with Crippen LogP contribution in [0, 0.1) is 5.92 Å². The van der Waals surface area contributed by atoms with Crippen molar-refractivity contribution < 1.29 is 38.4 Å². The third-order valence-corrected chi connectivity index (χ3v) is 11.3. The smallest absolute Gasteiger partial charge is 0.328 e. The summed E-state index contributed by atoms with van der Waals surface area (Å²) in [5.74, 6) is 0.995. The van der Waals surface area contributed by atoms with Gasteiger partial charge in [-0.15, -0.1) is 0 Å². The van der Waals surface area contributed by atoms with Gasteiger partial charge in [0.1, 0.15) is 6.04 Å². The number of carbonyl (C=O) groups is 2. The molecule has 2 heterocycles. The molecule has 2 amide bonds. The molecule has 5 aromatic rings. The Bertz CT molecular complexity index is 2200. The lowest BCUT2D eigenvalue weighted by atomic mass is 9.89. The molecule has 11 nitrogen and oxygen atoms in total. The van der Waals surface area contributed by atoms with E-state index >= 15 is 0 Å². The molecular formula is C48H53N3O8. The summed E-state index contributed by atoms with van der Waals surface area (Å²) in [7, 11) is 4.64. The minimum Gasteiger partial charge on any atom is -0.493 e. The quantitative estimate of drug-likeness (QED) is 0.0993. The lowest BCUT2D eigenvalue weighted by Gasteiger charge is -2.43. The molecule has 0 radical (unpaired) electrons. The van der Waals surface area contributed by atoms with Crippen LogP contribution in [0.4, 0.5) is 4.79 Å². The van der Waals surface area contributed by atoms with Gasteiger partial charge in [0.2, 0.25) is 0 Å².